The van der Waals surface area contributed by atoms with E-state index in [2.05, 4.69) is 33.8 Å². The summed E-state index contributed by atoms with van der Waals surface area (Å²) in [5.41, 5.74) is 3.48. The lowest BCUT2D eigenvalue weighted by Gasteiger charge is -2.13. The minimum atomic E-state index is 0.291. The summed E-state index contributed by atoms with van der Waals surface area (Å²) in [5.74, 6) is 3.28. The van der Waals surface area contributed by atoms with Crippen LogP contribution in [0, 0.1) is 6.92 Å². The van der Waals surface area contributed by atoms with Crippen LogP contribution in [-0.4, -0.2) is 33.5 Å². The van der Waals surface area contributed by atoms with Gasteiger partial charge in [0.1, 0.15) is 5.75 Å². The summed E-state index contributed by atoms with van der Waals surface area (Å²) in [7, 11) is 3.47. The smallest absolute Gasteiger partial charge is 0.231 e. The van der Waals surface area contributed by atoms with Crippen molar-refractivity contribution in [2.75, 3.05) is 27.5 Å². The van der Waals surface area contributed by atoms with Gasteiger partial charge in [-0.3, -0.25) is 4.99 Å². The molecule has 0 saturated carbocycles. The second-order valence-corrected chi connectivity index (χ2v) is 6.09. The molecule has 2 aromatic rings. The van der Waals surface area contributed by atoms with Crippen molar-refractivity contribution < 1.29 is 14.2 Å². The lowest BCUT2D eigenvalue weighted by atomic mass is 10.1. The Morgan fingerprint density at radius 3 is 2.69 bits per heavy atom. The molecule has 26 heavy (non-hydrogen) atoms. The van der Waals surface area contributed by atoms with Gasteiger partial charge in [-0.05, 0) is 48.2 Å². The molecule has 0 spiro atoms. The van der Waals surface area contributed by atoms with E-state index in [4.69, 9.17) is 14.2 Å². The minimum absolute atomic E-state index is 0.291. The molecule has 1 aliphatic heterocycles. The van der Waals surface area contributed by atoms with Crippen LogP contribution in [0.3, 0.4) is 0 Å². The fourth-order valence-corrected chi connectivity index (χ4v) is 2.80. The predicted molar refractivity (Wildman–Crippen MR) is 102 cm³/mol. The van der Waals surface area contributed by atoms with Gasteiger partial charge in [0.05, 0.1) is 7.11 Å². The van der Waals surface area contributed by atoms with E-state index in [-0.39, 0.29) is 0 Å². The SMILES string of the molecule is CN=C(NCCc1ccc(C)c(OC)c1)NCc1ccc2c(c1)OCO2. The topological polar surface area (TPSA) is 64.1 Å². The highest BCUT2D eigenvalue weighted by Crippen LogP contribution is 2.32. The van der Waals surface area contributed by atoms with Crippen molar-refractivity contribution >= 4 is 5.96 Å². The third-order valence-electron chi connectivity index (χ3n) is 4.30. The molecule has 6 nitrogen and oxygen atoms in total. The van der Waals surface area contributed by atoms with E-state index in [0.29, 0.717) is 13.3 Å². The molecule has 0 aromatic heterocycles. The van der Waals surface area contributed by atoms with Gasteiger partial charge in [-0.2, -0.15) is 0 Å². The molecule has 0 amide bonds. The van der Waals surface area contributed by atoms with Crippen LogP contribution in [0.2, 0.25) is 0 Å². The van der Waals surface area contributed by atoms with E-state index in [0.717, 1.165) is 47.3 Å². The molecule has 2 N–H and O–H groups in total. The lowest BCUT2D eigenvalue weighted by molar-refractivity contribution is 0.174. The molecular formula is C20H25N3O3. The highest BCUT2D eigenvalue weighted by Gasteiger charge is 2.13. The van der Waals surface area contributed by atoms with E-state index < -0.39 is 0 Å². The third-order valence-corrected chi connectivity index (χ3v) is 4.30. The van der Waals surface area contributed by atoms with Crippen molar-refractivity contribution in [1.82, 2.24) is 10.6 Å². The Hall–Kier alpha value is -2.89. The fraction of sp³-hybridized carbons (Fsp3) is 0.350. The Morgan fingerprint density at radius 1 is 1.08 bits per heavy atom. The molecule has 1 heterocycles. The Morgan fingerprint density at radius 2 is 1.88 bits per heavy atom. The molecule has 0 saturated heterocycles. The van der Waals surface area contributed by atoms with Crippen molar-refractivity contribution in [3.05, 3.63) is 53.1 Å². The molecule has 0 fully saturated rings. The van der Waals surface area contributed by atoms with E-state index in [1.807, 2.05) is 25.1 Å². The number of methoxy groups -OCH3 is 1. The largest absolute Gasteiger partial charge is 0.496 e. The minimum Gasteiger partial charge on any atom is -0.496 e. The summed E-state index contributed by atoms with van der Waals surface area (Å²) in [4.78, 5) is 4.27. The average Bonchev–Trinajstić information content (AvgIpc) is 3.13. The highest BCUT2D eigenvalue weighted by atomic mass is 16.7. The number of nitrogens with one attached hydrogen (secondary N) is 2. The molecule has 3 rings (SSSR count). The molecule has 138 valence electrons. The number of guanidine groups is 1. The van der Waals surface area contributed by atoms with E-state index in [1.165, 1.54) is 5.56 Å². The van der Waals surface area contributed by atoms with Gasteiger partial charge in [-0.25, -0.2) is 0 Å². The molecule has 2 aromatic carbocycles. The molecule has 0 bridgehead atoms. The van der Waals surface area contributed by atoms with Gasteiger partial charge in [0.25, 0.3) is 0 Å². The fourth-order valence-electron chi connectivity index (χ4n) is 2.80. The molecule has 0 atom stereocenters. The zero-order chi connectivity index (χ0) is 18.4. The molecule has 6 heteroatoms. The number of hydrogen-bond acceptors (Lipinski definition) is 4. The Labute approximate surface area is 154 Å². The standard InChI is InChI=1S/C20H25N3O3/c1-14-4-5-15(10-18(14)24-3)8-9-22-20(21-2)23-12-16-6-7-17-19(11-16)26-13-25-17/h4-7,10-11H,8-9,12-13H2,1-3H3,(H2,21,22,23). The molecule has 0 unspecified atom stereocenters. The molecule has 0 aliphatic carbocycles. The highest BCUT2D eigenvalue weighted by molar-refractivity contribution is 5.79. The maximum atomic E-state index is 5.41. The van der Waals surface area contributed by atoms with E-state index >= 15 is 0 Å². The van der Waals surface area contributed by atoms with Crippen LogP contribution in [-0.2, 0) is 13.0 Å². The number of nitrogens with zero attached hydrogens (tertiary/aromatic N) is 1. The van der Waals surface area contributed by atoms with Crippen molar-refractivity contribution in [2.45, 2.75) is 19.9 Å². The maximum Gasteiger partial charge on any atom is 0.231 e. The Bertz CT molecular complexity index is 790. The number of rotatable bonds is 6. The van der Waals surface area contributed by atoms with Crippen molar-refractivity contribution in [2.24, 2.45) is 4.99 Å². The average molecular weight is 355 g/mol. The predicted octanol–water partition coefficient (Wildman–Crippen LogP) is 2.64. The van der Waals surface area contributed by atoms with Crippen LogP contribution in [0.1, 0.15) is 16.7 Å². The number of hydrogen-bond donors (Lipinski definition) is 2. The quantitative estimate of drug-likeness (QED) is 0.616. The van der Waals surface area contributed by atoms with Gasteiger partial charge < -0.3 is 24.8 Å². The lowest BCUT2D eigenvalue weighted by Crippen LogP contribution is -2.37. The zero-order valence-electron chi connectivity index (χ0n) is 15.5. The molecule has 0 radical (unpaired) electrons. The van der Waals surface area contributed by atoms with E-state index in [9.17, 15) is 0 Å². The number of benzene rings is 2. The van der Waals surface area contributed by atoms with Crippen LogP contribution in [0.15, 0.2) is 41.4 Å². The second kappa shape index (κ2) is 8.47. The first-order chi connectivity index (χ1) is 12.7. The van der Waals surface area contributed by atoms with Crippen molar-refractivity contribution in [1.29, 1.82) is 0 Å². The third kappa shape index (κ3) is 4.39. The number of fused-ring (bicyclic) bond motifs is 1. The molecular weight excluding hydrogens is 330 g/mol. The summed E-state index contributed by atoms with van der Waals surface area (Å²) in [6.45, 7) is 3.78. The van der Waals surface area contributed by atoms with Crippen LogP contribution < -0.4 is 24.8 Å². The van der Waals surface area contributed by atoms with Gasteiger partial charge in [-0.1, -0.05) is 18.2 Å². The van der Waals surface area contributed by atoms with Gasteiger partial charge in [0, 0.05) is 20.1 Å². The normalized spacial score (nSPS) is 12.8. The van der Waals surface area contributed by atoms with Gasteiger partial charge >= 0.3 is 0 Å². The summed E-state index contributed by atoms with van der Waals surface area (Å²) in [6, 6.07) is 12.2. The van der Waals surface area contributed by atoms with Crippen molar-refractivity contribution in [3.8, 4) is 17.2 Å². The van der Waals surface area contributed by atoms with Gasteiger partial charge in [-0.15, -0.1) is 0 Å². The monoisotopic (exact) mass is 355 g/mol. The maximum absolute atomic E-state index is 5.41. The Kier molecular flexibility index (Phi) is 5.84. The van der Waals surface area contributed by atoms with E-state index in [1.54, 1.807) is 14.2 Å². The first kappa shape index (κ1) is 17.9. The molecule has 1 aliphatic rings. The summed E-state index contributed by atoms with van der Waals surface area (Å²) >= 11 is 0. The summed E-state index contributed by atoms with van der Waals surface area (Å²) < 4.78 is 16.1. The van der Waals surface area contributed by atoms with Crippen LogP contribution in [0.4, 0.5) is 0 Å². The number of aliphatic imine (C=N–C) groups is 1. The first-order valence-corrected chi connectivity index (χ1v) is 8.66. The van der Waals surface area contributed by atoms with Crippen molar-refractivity contribution in [3.63, 3.8) is 0 Å². The van der Waals surface area contributed by atoms with Gasteiger partial charge in [0.2, 0.25) is 6.79 Å². The first-order valence-electron chi connectivity index (χ1n) is 8.66. The number of ether oxygens (including phenoxy) is 3. The Balaban J connectivity index is 1.47. The summed E-state index contributed by atoms with van der Waals surface area (Å²) in [6.07, 6.45) is 0.890. The zero-order valence-corrected chi connectivity index (χ0v) is 15.5. The van der Waals surface area contributed by atoms with Crippen LogP contribution >= 0.6 is 0 Å². The number of aryl methyl sites for hydroxylation is 1. The van der Waals surface area contributed by atoms with Crippen LogP contribution in [0.5, 0.6) is 17.2 Å². The summed E-state index contributed by atoms with van der Waals surface area (Å²) in [5, 5.41) is 6.65. The van der Waals surface area contributed by atoms with Gasteiger partial charge in [0.15, 0.2) is 17.5 Å². The van der Waals surface area contributed by atoms with Crippen LogP contribution in [0.25, 0.3) is 0 Å². The second-order valence-electron chi connectivity index (χ2n) is 6.09.